The maximum absolute atomic E-state index is 13.4. The number of sulfone groups is 1. The van der Waals surface area contributed by atoms with Gasteiger partial charge in [0.1, 0.15) is 11.5 Å². The van der Waals surface area contributed by atoms with Gasteiger partial charge in [-0.15, -0.1) is 0 Å². The first-order chi connectivity index (χ1) is 15.5. The smallest absolute Gasteiger partial charge is 0.263 e. The van der Waals surface area contributed by atoms with Crippen LogP contribution in [-0.4, -0.2) is 49.5 Å². The zero-order chi connectivity index (χ0) is 24.2. The topological polar surface area (TPSA) is 72.9 Å². The van der Waals surface area contributed by atoms with Crippen molar-refractivity contribution < 1.29 is 22.7 Å². The summed E-state index contributed by atoms with van der Waals surface area (Å²) in [5, 5.41) is 0. The van der Waals surface area contributed by atoms with Crippen molar-refractivity contribution in [3.05, 3.63) is 59.7 Å². The van der Waals surface area contributed by atoms with Crippen LogP contribution in [0.1, 0.15) is 52.2 Å². The molecular formula is C26H35NO5S. The van der Waals surface area contributed by atoms with Crippen LogP contribution in [0.15, 0.2) is 48.5 Å². The highest BCUT2D eigenvalue weighted by molar-refractivity contribution is 7.91. The van der Waals surface area contributed by atoms with Crippen molar-refractivity contribution in [1.29, 1.82) is 0 Å². The second-order valence-electron chi connectivity index (χ2n) is 9.63. The predicted molar refractivity (Wildman–Crippen MR) is 130 cm³/mol. The van der Waals surface area contributed by atoms with E-state index in [-0.39, 0.29) is 28.9 Å². The van der Waals surface area contributed by atoms with E-state index in [1.807, 2.05) is 55.5 Å². The quantitative estimate of drug-likeness (QED) is 0.569. The van der Waals surface area contributed by atoms with Gasteiger partial charge in [-0.25, -0.2) is 8.42 Å². The molecule has 1 fully saturated rings. The van der Waals surface area contributed by atoms with Crippen LogP contribution in [-0.2, 0) is 26.6 Å². The molecular weight excluding hydrogens is 438 g/mol. The number of ether oxygens (including phenoxy) is 2. The number of carbonyl (C=O) groups is 1. The molecule has 0 radical (unpaired) electrons. The van der Waals surface area contributed by atoms with Crippen molar-refractivity contribution in [3.63, 3.8) is 0 Å². The molecule has 33 heavy (non-hydrogen) atoms. The van der Waals surface area contributed by atoms with Crippen molar-refractivity contribution in [1.82, 2.24) is 4.90 Å². The van der Waals surface area contributed by atoms with Crippen LogP contribution in [0, 0.1) is 0 Å². The van der Waals surface area contributed by atoms with Crippen LogP contribution >= 0.6 is 0 Å². The molecule has 1 amide bonds. The van der Waals surface area contributed by atoms with Crippen LogP contribution in [0.5, 0.6) is 11.5 Å². The predicted octanol–water partition coefficient (Wildman–Crippen LogP) is 4.37. The Morgan fingerprint density at radius 1 is 1.06 bits per heavy atom. The largest absolute Gasteiger partial charge is 0.494 e. The number of amides is 1. The van der Waals surface area contributed by atoms with E-state index < -0.39 is 15.9 Å². The Bertz CT molecular complexity index is 1040. The zero-order valence-corrected chi connectivity index (χ0v) is 21.0. The van der Waals surface area contributed by atoms with E-state index in [1.54, 1.807) is 11.8 Å². The van der Waals surface area contributed by atoms with Crippen molar-refractivity contribution in [3.8, 4) is 11.5 Å². The summed E-state index contributed by atoms with van der Waals surface area (Å²) in [6, 6.07) is 15.0. The van der Waals surface area contributed by atoms with E-state index >= 15 is 0 Å². The average molecular weight is 474 g/mol. The third-order valence-electron chi connectivity index (χ3n) is 5.90. The van der Waals surface area contributed by atoms with Gasteiger partial charge in [-0.3, -0.25) is 4.79 Å². The standard InChI is InChI=1S/C26H35NO5S/c1-6-31-23-11-7-20(8-12-23)17-27(22-15-16-33(29,30)18-22)25(28)19(2)32-24-13-9-21(10-14-24)26(3,4)5/h7-14,19,22H,6,15-18H2,1-5H3. The van der Waals surface area contributed by atoms with Gasteiger partial charge in [0.05, 0.1) is 18.1 Å². The summed E-state index contributed by atoms with van der Waals surface area (Å²) in [6.07, 6.45) is -0.297. The lowest BCUT2D eigenvalue weighted by Gasteiger charge is -2.31. The first kappa shape index (κ1) is 25.1. The Kier molecular flexibility index (Phi) is 7.73. The fourth-order valence-corrected chi connectivity index (χ4v) is 5.71. The Hall–Kier alpha value is -2.54. The van der Waals surface area contributed by atoms with Crippen LogP contribution < -0.4 is 9.47 Å². The van der Waals surface area contributed by atoms with E-state index in [0.29, 0.717) is 25.3 Å². The Morgan fingerprint density at radius 2 is 1.67 bits per heavy atom. The SMILES string of the molecule is CCOc1ccc(CN(C(=O)C(C)Oc2ccc(C(C)(C)C)cc2)C2CCS(=O)(=O)C2)cc1. The number of hydrogen-bond donors (Lipinski definition) is 0. The van der Waals surface area contributed by atoms with Crippen LogP contribution in [0.4, 0.5) is 0 Å². The van der Waals surface area contributed by atoms with Gasteiger partial charge in [-0.2, -0.15) is 0 Å². The summed E-state index contributed by atoms with van der Waals surface area (Å²) >= 11 is 0. The molecule has 6 nitrogen and oxygen atoms in total. The van der Waals surface area contributed by atoms with E-state index in [9.17, 15) is 13.2 Å². The van der Waals surface area contributed by atoms with Crippen LogP contribution in [0.2, 0.25) is 0 Å². The molecule has 2 atom stereocenters. The number of carbonyl (C=O) groups excluding carboxylic acids is 1. The second kappa shape index (κ2) is 10.2. The molecule has 1 aliphatic rings. The van der Waals surface area contributed by atoms with Gasteiger partial charge in [0.2, 0.25) is 0 Å². The van der Waals surface area contributed by atoms with E-state index in [2.05, 4.69) is 20.8 Å². The van der Waals surface area contributed by atoms with E-state index in [0.717, 1.165) is 11.3 Å². The molecule has 0 spiro atoms. The molecule has 2 aromatic rings. The maximum Gasteiger partial charge on any atom is 0.263 e. The van der Waals surface area contributed by atoms with Crippen LogP contribution in [0.25, 0.3) is 0 Å². The maximum atomic E-state index is 13.4. The third kappa shape index (κ3) is 6.73. The van der Waals surface area contributed by atoms with Crippen molar-refractivity contribution in [2.45, 2.75) is 65.1 Å². The fourth-order valence-electron chi connectivity index (χ4n) is 3.98. The molecule has 1 aliphatic heterocycles. The molecule has 7 heteroatoms. The van der Waals surface area contributed by atoms with Gasteiger partial charge in [-0.1, -0.05) is 45.0 Å². The molecule has 180 valence electrons. The highest BCUT2D eigenvalue weighted by Gasteiger charge is 2.36. The third-order valence-corrected chi connectivity index (χ3v) is 7.65. The number of rotatable bonds is 8. The summed E-state index contributed by atoms with van der Waals surface area (Å²) in [7, 11) is -3.14. The Balaban J connectivity index is 1.76. The van der Waals surface area contributed by atoms with Crippen molar-refractivity contribution >= 4 is 15.7 Å². The molecule has 0 N–H and O–H groups in total. The minimum absolute atomic E-state index is 0.0111. The minimum Gasteiger partial charge on any atom is -0.494 e. The molecule has 0 bridgehead atoms. The van der Waals surface area contributed by atoms with Crippen LogP contribution in [0.3, 0.4) is 0 Å². The van der Waals surface area contributed by atoms with Crippen molar-refractivity contribution in [2.75, 3.05) is 18.1 Å². The molecule has 0 aromatic heterocycles. The second-order valence-corrected chi connectivity index (χ2v) is 11.9. The number of benzene rings is 2. The zero-order valence-electron chi connectivity index (χ0n) is 20.2. The molecule has 1 heterocycles. The average Bonchev–Trinajstić information content (AvgIpc) is 3.12. The highest BCUT2D eigenvalue weighted by atomic mass is 32.2. The summed E-state index contributed by atoms with van der Waals surface area (Å²) in [4.78, 5) is 15.1. The monoisotopic (exact) mass is 473 g/mol. The first-order valence-electron chi connectivity index (χ1n) is 11.5. The Labute approximate surface area is 197 Å². The van der Waals surface area contributed by atoms with Gasteiger partial charge in [0.15, 0.2) is 15.9 Å². The molecule has 1 saturated heterocycles. The molecule has 3 rings (SSSR count). The van der Waals surface area contributed by atoms with Crippen molar-refractivity contribution in [2.24, 2.45) is 0 Å². The van der Waals surface area contributed by atoms with E-state index in [4.69, 9.17) is 9.47 Å². The summed E-state index contributed by atoms with van der Waals surface area (Å²) in [5.41, 5.74) is 2.13. The number of nitrogens with zero attached hydrogens (tertiary/aromatic N) is 1. The summed E-state index contributed by atoms with van der Waals surface area (Å²) in [6.45, 7) is 11.0. The highest BCUT2D eigenvalue weighted by Crippen LogP contribution is 2.26. The lowest BCUT2D eigenvalue weighted by atomic mass is 9.87. The Morgan fingerprint density at radius 3 is 2.18 bits per heavy atom. The van der Waals surface area contributed by atoms with Gasteiger partial charge in [0.25, 0.3) is 5.91 Å². The lowest BCUT2D eigenvalue weighted by molar-refractivity contribution is -0.140. The number of hydrogen-bond acceptors (Lipinski definition) is 5. The lowest BCUT2D eigenvalue weighted by Crippen LogP contribution is -2.46. The molecule has 2 aromatic carbocycles. The van der Waals surface area contributed by atoms with E-state index in [1.165, 1.54) is 5.56 Å². The van der Waals surface area contributed by atoms with Gasteiger partial charge in [-0.05, 0) is 61.1 Å². The van der Waals surface area contributed by atoms with Gasteiger partial charge in [0, 0.05) is 12.6 Å². The first-order valence-corrected chi connectivity index (χ1v) is 13.3. The minimum atomic E-state index is -3.14. The molecule has 0 saturated carbocycles. The molecule has 2 unspecified atom stereocenters. The fraction of sp³-hybridized carbons (Fsp3) is 0.500. The summed E-state index contributed by atoms with van der Waals surface area (Å²) in [5.74, 6) is 1.25. The van der Waals surface area contributed by atoms with Gasteiger partial charge < -0.3 is 14.4 Å². The normalized spacial score (nSPS) is 18.5. The summed E-state index contributed by atoms with van der Waals surface area (Å²) < 4.78 is 35.7. The molecule has 0 aliphatic carbocycles. The van der Waals surface area contributed by atoms with Gasteiger partial charge >= 0.3 is 0 Å².